The summed E-state index contributed by atoms with van der Waals surface area (Å²) in [7, 11) is 0. The summed E-state index contributed by atoms with van der Waals surface area (Å²) >= 11 is 0. The highest BCUT2D eigenvalue weighted by atomic mass is 19.1. The topological polar surface area (TPSA) is 49.4 Å². The zero-order valence-electron chi connectivity index (χ0n) is 10.3. The lowest BCUT2D eigenvalue weighted by molar-refractivity contribution is -0.152. The monoisotopic (exact) mass is 242 g/mol. The van der Waals surface area contributed by atoms with Gasteiger partial charge in [0, 0.05) is 6.54 Å². The molecule has 2 aliphatic rings. The quantitative estimate of drug-likeness (QED) is 0.789. The summed E-state index contributed by atoms with van der Waals surface area (Å²) in [5, 5.41) is 2.80. The molecule has 5 heteroatoms. The van der Waals surface area contributed by atoms with Gasteiger partial charge in [-0.2, -0.15) is 0 Å². The second-order valence-electron chi connectivity index (χ2n) is 5.23. The number of carbonyl (C=O) groups excluding carboxylic acids is 2. The number of hydrogen-bond donors (Lipinski definition) is 1. The molecular formula is C12H19FN2O2. The number of nitrogens with zero attached hydrogens (tertiary/aromatic N) is 1. The Morgan fingerprint density at radius 1 is 1.41 bits per heavy atom. The predicted octanol–water partition coefficient (Wildman–Crippen LogP) is 0.718. The number of amides is 2. The molecule has 0 aromatic rings. The molecule has 1 saturated carbocycles. The van der Waals surface area contributed by atoms with Crippen molar-refractivity contribution < 1.29 is 14.0 Å². The Labute approximate surface area is 101 Å². The number of carbonyl (C=O) groups is 2. The number of nitrogens with one attached hydrogen (secondary N) is 1. The van der Waals surface area contributed by atoms with Crippen molar-refractivity contribution in [3.63, 3.8) is 0 Å². The highest BCUT2D eigenvalue weighted by Crippen LogP contribution is 2.35. The molecule has 0 aromatic heterocycles. The fourth-order valence-corrected chi connectivity index (χ4v) is 2.51. The van der Waals surface area contributed by atoms with Crippen LogP contribution in [-0.4, -0.2) is 42.0 Å². The summed E-state index contributed by atoms with van der Waals surface area (Å²) in [5.74, 6) is 0.0285. The first kappa shape index (κ1) is 12.3. The number of halogens is 1. The van der Waals surface area contributed by atoms with E-state index in [1.54, 1.807) is 0 Å². The molecule has 0 radical (unpaired) electrons. The molecule has 1 N–H and O–H groups in total. The van der Waals surface area contributed by atoms with Crippen LogP contribution in [0.15, 0.2) is 0 Å². The van der Waals surface area contributed by atoms with Crippen molar-refractivity contribution >= 4 is 11.8 Å². The minimum atomic E-state index is -0.598. The molecule has 17 heavy (non-hydrogen) atoms. The third kappa shape index (κ3) is 2.28. The molecule has 1 heterocycles. The first-order valence-electron chi connectivity index (χ1n) is 6.23. The normalized spacial score (nSPS) is 29.8. The van der Waals surface area contributed by atoms with Crippen LogP contribution < -0.4 is 5.32 Å². The Balaban J connectivity index is 2.18. The van der Waals surface area contributed by atoms with Crippen LogP contribution in [0.1, 0.15) is 26.7 Å². The SMILES string of the molecule is CC(C)C1C(=O)NC(C2CC2)C(=O)N1CCF. The Kier molecular flexibility index (Phi) is 3.35. The number of hydrogen-bond acceptors (Lipinski definition) is 2. The second kappa shape index (κ2) is 4.63. The molecule has 0 aromatic carbocycles. The summed E-state index contributed by atoms with van der Waals surface area (Å²) in [6.07, 6.45) is 1.96. The van der Waals surface area contributed by atoms with Crippen LogP contribution >= 0.6 is 0 Å². The highest BCUT2D eigenvalue weighted by molar-refractivity contribution is 5.97. The standard InChI is InChI=1S/C12H19FN2O2/c1-7(2)10-11(16)14-9(8-3-4-8)12(17)15(10)6-5-13/h7-10H,3-6H2,1-2H3,(H,14,16). The molecule has 2 amide bonds. The molecule has 1 aliphatic carbocycles. The Hall–Kier alpha value is -1.13. The van der Waals surface area contributed by atoms with Crippen molar-refractivity contribution in [2.24, 2.45) is 11.8 Å². The lowest BCUT2D eigenvalue weighted by Crippen LogP contribution is -2.65. The van der Waals surface area contributed by atoms with E-state index < -0.39 is 18.8 Å². The van der Waals surface area contributed by atoms with E-state index in [0.717, 1.165) is 12.8 Å². The van der Waals surface area contributed by atoms with Crippen LogP contribution in [-0.2, 0) is 9.59 Å². The van der Waals surface area contributed by atoms with Gasteiger partial charge in [-0.3, -0.25) is 9.59 Å². The second-order valence-corrected chi connectivity index (χ2v) is 5.23. The van der Waals surface area contributed by atoms with E-state index in [9.17, 15) is 14.0 Å². The average Bonchev–Trinajstić information content (AvgIpc) is 3.06. The van der Waals surface area contributed by atoms with Gasteiger partial charge < -0.3 is 10.2 Å². The Morgan fingerprint density at radius 2 is 2.06 bits per heavy atom. The van der Waals surface area contributed by atoms with Crippen molar-refractivity contribution in [1.82, 2.24) is 10.2 Å². The van der Waals surface area contributed by atoms with Gasteiger partial charge in [-0.1, -0.05) is 13.8 Å². The van der Waals surface area contributed by atoms with E-state index in [0.29, 0.717) is 0 Å². The third-order valence-corrected chi connectivity index (χ3v) is 3.50. The molecule has 1 aliphatic heterocycles. The fraction of sp³-hybridized carbons (Fsp3) is 0.833. The maximum atomic E-state index is 12.5. The van der Waals surface area contributed by atoms with E-state index in [1.807, 2.05) is 13.8 Å². The molecule has 0 bridgehead atoms. The largest absolute Gasteiger partial charge is 0.342 e. The van der Waals surface area contributed by atoms with Crippen LogP contribution in [0, 0.1) is 11.8 Å². The van der Waals surface area contributed by atoms with Crippen LogP contribution in [0.3, 0.4) is 0 Å². The van der Waals surface area contributed by atoms with Gasteiger partial charge in [0.1, 0.15) is 18.8 Å². The van der Waals surface area contributed by atoms with Gasteiger partial charge in [0.05, 0.1) is 0 Å². The van der Waals surface area contributed by atoms with Crippen molar-refractivity contribution in [2.45, 2.75) is 38.8 Å². The molecular weight excluding hydrogens is 223 g/mol. The van der Waals surface area contributed by atoms with Crippen molar-refractivity contribution in [3.05, 3.63) is 0 Å². The van der Waals surface area contributed by atoms with Crippen LogP contribution in [0.25, 0.3) is 0 Å². The van der Waals surface area contributed by atoms with E-state index in [4.69, 9.17) is 0 Å². The van der Waals surface area contributed by atoms with Gasteiger partial charge in [0.25, 0.3) is 0 Å². The molecule has 0 spiro atoms. The zero-order valence-corrected chi connectivity index (χ0v) is 10.3. The highest BCUT2D eigenvalue weighted by Gasteiger charge is 2.47. The van der Waals surface area contributed by atoms with Crippen molar-refractivity contribution in [1.29, 1.82) is 0 Å². The fourth-order valence-electron chi connectivity index (χ4n) is 2.51. The minimum Gasteiger partial charge on any atom is -0.342 e. The lowest BCUT2D eigenvalue weighted by Gasteiger charge is -2.40. The van der Waals surface area contributed by atoms with Gasteiger partial charge in [-0.25, -0.2) is 4.39 Å². The van der Waals surface area contributed by atoms with E-state index >= 15 is 0 Å². The molecule has 2 unspecified atom stereocenters. The van der Waals surface area contributed by atoms with Crippen LogP contribution in [0.2, 0.25) is 0 Å². The predicted molar refractivity (Wildman–Crippen MR) is 61.0 cm³/mol. The first-order chi connectivity index (χ1) is 8.06. The van der Waals surface area contributed by atoms with Gasteiger partial charge in [0.2, 0.25) is 11.8 Å². The zero-order chi connectivity index (χ0) is 12.6. The van der Waals surface area contributed by atoms with E-state index in [2.05, 4.69) is 5.32 Å². The maximum absolute atomic E-state index is 12.5. The van der Waals surface area contributed by atoms with Crippen molar-refractivity contribution in [2.75, 3.05) is 13.2 Å². The molecule has 1 saturated heterocycles. The summed E-state index contributed by atoms with van der Waals surface area (Å²) in [5.41, 5.74) is 0. The summed E-state index contributed by atoms with van der Waals surface area (Å²) in [6, 6.07) is -0.933. The van der Waals surface area contributed by atoms with Gasteiger partial charge >= 0.3 is 0 Å². The molecule has 2 fully saturated rings. The summed E-state index contributed by atoms with van der Waals surface area (Å²) < 4.78 is 12.5. The van der Waals surface area contributed by atoms with Crippen molar-refractivity contribution in [3.8, 4) is 0 Å². The molecule has 2 rings (SSSR count). The Morgan fingerprint density at radius 3 is 2.53 bits per heavy atom. The molecule has 4 nitrogen and oxygen atoms in total. The smallest absolute Gasteiger partial charge is 0.246 e. The summed E-state index contributed by atoms with van der Waals surface area (Å²) in [4.78, 5) is 25.6. The summed E-state index contributed by atoms with van der Waals surface area (Å²) in [6.45, 7) is 3.18. The van der Waals surface area contributed by atoms with E-state index in [-0.39, 0.29) is 30.2 Å². The molecule has 96 valence electrons. The van der Waals surface area contributed by atoms with Gasteiger partial charge in [-0.15, -0.1) is 0 Å². The number of alkyl halides is 1. The van der Waals surface area contributed by atoms with Crippen LogP contribution in [0.4, 0.5) is 4.39 Å². The Bertz CT molecular complexity index is 328. The number of piperazine rings is 1. The van der Waals surface area contributed by atoms with E-state index in [1.165, 1.54) is 4.90 Å². The maximum Gasteiger partial charge on any atom is 0.246 e. The number of rotatable bonds is 4. The average molecular weight is 242 g/mol. The molecule has 2 atom stereocenters. The van der Waals surface area contributed by atoms with Gasteiger partial charge in [-0.05, 0) is 24.7 Å². The first-order valence-corrected chi connectivity index (χ1v) is 6.23. The third-order valence-electron chi connectivity index (χ3n) is 3.50. The minimum absolute atomic E-state index is 0.00523. The van der Waals surface area contributed by atoms with Crippen LogP contribution in [0.5, 0.6) is 0 Å². The van der Waals surface area contributed by atoms with Gasteiger partial charge in [0.15, 0.2) is 0 Å². The lowest BCUT2D eigenvalue weighted by atomic mass is 9.95.